The summed E-state index contributed by atoms with van der Waals surface area (Å²) in [6, 6.07) is 0. The quantitative estimate of drug-likeness (QED) is 0.755. The smallest absolute Gasteiger partial charge is 0.151 e. The van der Waals surface area contributed by atoms with Gasteiger partial charge in [-0.3, -0.25) is 0 Å². The SMILES string of the molecule is NCCCc1nc2n(n1)CC(Cl)CC2. The fourth-order valence-electron chi connectivity index (χ4n) is 1.69. The molecule has 2 heterocycles. The molecular weight excluding hydrogens is 200 g/mol. The minimum absolute atomic E-state index is 0.214. The summed E-state index contributed by atoms with van der Waals surface area (Å²) in [6.07, 6.45) is 3.79. The number of aromatic nitrogens is 3. The van der Waals surface area contributed by atoms with Gasteiger partial charge in [-0.2, -0.15) is 5.10 Å². The maximum Gasteiger partial charge on any atom is 0.151 e. The molecular formula is C9H15ClN4. The first-order valence-electron chi connectivity index (χ1n) is 5.06. The third-order valence-electron chi connectivity index (χ3n) is 2.45. The minimum atomic E-state index is 0.214. The Morgan fingerprint density at radius 1 is 1.57 bits per heavy atom. The molecule has 1 aromatic rings. The van der Waals surface area contributed by atoms with Crippen LogP contribution in [0.15, 0.2) is 0 Å². The summed E-state index contributed by atoms with van der Waals surface area (Å²) in [6.45, 7) is 1.49. The van der Waals surface area contributed by atoms with Crippen LogP contribution in [0.1, 0.15) is 24.5 Å². The number of aryl methyl sites for hydroxylation is 2. The molecule has 4 nitrogen and oxygen atoms in total. The number of hydrogen-bond donors (Lipinski definition) is 1. The lowest BCUT2D eigenvalue weighted by Gasteiger charge is -2.16. The van der Waals surface area contributed by atoms with E-state index in [1.807, 2.05) is 4.68 Å². The van der Waals surface area contributed by atoms with Crippen LogP contribution in [-0.4, -0.2) is 26.7 Å². The summed E-state index contributed by atoms with van der Waals surface area (Å²) in [5.74, 6) is 1.99. The third-order valence-corrected chi connectivity index (χ3v) is 2.81. The number of halogens is 1. The molecule has 0 spiro atoms. The molecule has 0 fully saturated rings. The standard InChI is InChI=1S/C9H15ClN4/c10-7-3-4-9-12-8(2-1-5-11)13-14(9)6-7/h7H,1-6,11H2. The van der Waals surface area contributed by atoms with Gasteiger partial charge in [0.25, 0.3) is 0 Å². The largest absolute Gasteiger partial charge is 0.330 e. The van der Waals surface area contributed by atoms with Gasteiger partial charge in [-0.15, -0.1) is 11.6 Å². The molecule has 0 bridgehead atoms. The maximum atomic E-state index is 6.05. The van der Waals surface area contributed by atoms with Gasteiger partial charge in [-0.1, -0.05) is 0 Å². The van der Waals surface area contributed by atoms with E-state index >= 15 is 0 Å². The number of nitrogens with zero attached hydrogens (tertiary/aromatic N) is 3. The van der Waals surface area contributed by atoms with Gasteiger partial charge in [-0.05, 0) is 19.4 Å². The van der Waals surface area contributed by atoms with Crippen molar-refractivity contribution >= 4 is 11.6 Å². The highest BCUT2D eigenvalue weighted by Crippen LogP contribution is 2.17. The Hall–Kier alpha value is -0.610. The van der Waals surface area contributed by atoms with Crippen LogP contribution in [0.2, 0.25) is 0 Å². The molecule has 2 N–H and O–H groups in total. The molecule has 1 aromatic heterocycles. The zero-order valence-electron chi connectivity index (χ0n) is 8.12. The first-order chi connectivity index (χ1) is 6.79. The summed E-state index contributed by atoms with van der Waals surface area (Å²) < 4.78 is 1.94. The topological polar surface area (TPSA) is 56.7 Å². The molecule has 2 rings (SSSR count). The molecule has 1 atom stereocenters. The first kappa shape index (κ1) is 9.93. The van der Waals surface area contributed by atoms with Crippen molar-refractivity contribution < 1.29 is 0 Å². The summed E-state index contributed by atoms with van der Waals surface area (Å²) in [7, 11) is 0. The van der Waals surface area contributed by atoms with E-state index in [0.717, 1.165) is 43.9 Å². The van der Waals surface area contributed by atoms with Gasteiger partial charge in [0, 0.05) is 12.8 Å². The highest BCUT2D eigenvalue weighted by Gasteiger charge is 2.19. The highest BCUT2D eigenvalue weighted by molar-refractivity contribution is 6.20. The van der Waals surface area contributed by atoms with Crippen LogP contribution in [0, 0.1) is 0 Å². The summed E-state index contributed by atoms with van der Waals surface area (Å²) in [4.78, 5) is 4.46. The lowest BCUT2D eigenvalue weighted by molar-refractivity contribution is 0.484. The van der Waals surface area contributed by atoms with Gasteiger partial charge in [0.05, 0.1) is 11.9 Å². The van der Waals surface area contributed by atoms with E-state index in [-0.39, 0.29) is 5.38 Å². The van der Waals surface area contributed by atoms with Crippen LogP contribution in [0.3, 0.4) is 0 Å². The van der Waals surface area contributed by atoms with Crippen molar-refractivity contribution in [3.8, 4) is 0 Å². The molecule has 78 valence electrons. The van der Waals surface area contributed by atoms with Gasteiger partial charge < -0.3 is 5.73 Å². The Morgan fingerprint density at radius 3 is 3.21 bits per heavy atom. The van der Waals surface area contributed by atoms with Crippen molar-refractivity contribution in [2.24, 2.45) is 5.73 Å². The Kier molecular flexibility index (Phi) is 3.03. The third kappa shape index (κ3) is 2.07. The predicted octanol–water partition coefficient (Wildman–Crippen LogP) is 0.723. The lowest BCUT2D eigenvalue weighted by Crippen LogP contribution is -2.21. The minimum Gasteiger partial charge on any atom is -0.330 e. The van der Waals surface area contributed by atoms with Crippen molar-refractivity contribution in [2.75, 3.05) is 6.54 Å². The number of alkyl halides is 1. The second kappa shape index (κ2) is 4.28. The van der Waals surface area contributed by atoms with Crippen LogP contribution in [0.25, 0.3) is 0 Å². The summed E-state index contributed by atoms with van der Waals surface area (Å²) in [5.41, 5.74) is 5.44. The monoisotopic (exact) mass is 214 g/mol. The number of hydrogen-bond acceptors (Lipinski definition) is 3. The van der Waals surface area contributed by atoms with E-state index in [0.29, 0.717) is 6.54 Å². The zero-order valence-corrected chi connectivity index (χ0v) is 8.87. The predicted molar refractivity (Wildman–Crippen MR) is 55.4 cm³/mol. The normalized spacial score (nSPS) is 20.9. The molecule has 14 heavy (non-hydrogen) atoms. The Balaban J connectivity index is 2.07. The fraction of sp³-hybridized carbons (Fsp3) is 0.778. The van der Waals surface area contributed by atoms with E-state index in [2.05, 4.69) is 10.1 Å². The van der Waals surface area contributed by atoms with Crippen LogP contribution in [-0.2, 0) is 19.4 Å². The molecule has 0 aromatic carbocycles. The molecule has 1 aliphatic rings. The van der Waals surface area contributed by atoms with Gasteiger partial charge in [0.15, 0.2) is 5.82 Å². The molecule has 0 saturated heterocycles. The molecule has 0 radical (unpaired) electrons. The van der Waals surface area contributed by atoms with Crippen LogP contribution < -0.4 is 5.73 Å². The van der Waals surface area contributed by atoms with E-state index in [1.165, 1.54) is 0 Å². The lowest BCUT2D eigenvalue weighted by atomic mass is 10.2. The van der Waals surface area contributed by atoms with E-state index in [9.17, 15) is 0 Å². The van der Waals surface area contributed by atoms with Gasteiger partial charge in [-0.25, -0.2) is 9.67 Å². The number of fused-ring (bicyclic) bond motifs is 1. The Labute approximate surface area is 88.5 Å². The van der Waals surface area contributed by atoms with Crippen LogP contribution in [0.4, 0.5) is 0 Å². The summed E-state index contributed by atoms with van der Waals surface area (Å²) in [5, 5.41) is 4.62. The fourth-order valence-corrected chi connectivity index (χ4v) is 1.93. The van der Waals surface area contributed by atoms with E-state index < -0.39 is 0 Å². The van der Waals surface area contributed by atoms with Gasteiger partial charge >= 0.3 is 0 Å². The molecule has 0 aliphatic carbocycles. The average Bonchev–Trinajstić information content (AvgIpc) is 2.56. The van der Waals surface area contributed by atoms with Gasteiger partial charge in [0.1, 0.15) is 5.82 Å². The van der Waals surface area contributed by atoms with Crippen LogP contribution >= 0.6 is 11.6 Å². The van der Waals surface area contributed by atoms with Crippen molar-refractivity contribution in [3.05, 3.63) is 11.6 Å². The van der Waals surface area contributed by atoms with Crippen LogP contribution in [0.5, 0.6) is 0 Å². The van der Waals surface area contributed by atoms with E-state index in [4.69, 9.17) is 17.3 Å². The Bertz CT molecular complexity index is 310. The van der Waals surface area contributed by atoms with Crippen molar-refractivity contribution in [1.29, 1.82) is 0 Å². The number of nitrogens with two attached hydrogens (primary N) is 1. The first-order valence-corrected chi connectivity index (χ1v) is 5.50. The molecule has 1 unspecified atom stereocenters. The molecule has 1 aliphatic heterocycles. The summed E-state index contributed by atoms with van der Waals surface area (Å²) >= 11 is 6.05. The second-order valence-corrected chi connectivity index (χ2v) is 4.27. The molecule has 0 saturated carbocycles. The second-order valence-electron chi connectivity index (χ2n) is 3.65. The Morgan fingerprint density at radius 2 is 2.43 bits per heavy atom. The zero-order chi connectivity index (χ0) is 9.97. The van der Waals surface area contributed by atoms with Gasteiger partial charge in [0.2, 0.25) is 0 Å². The maximum absolute atomic E-state index is 6.05. The van der Waals surface area contributed by atoms with Crippen molar-refractivity contribution in [2.45, 2.75) is 37.6 Å². The van der Waals surface area contributed by atoms with Crippen molar-refractivity contribution in [1.82, 2.24) is 14.8 Å². The van der Waals surface area contributed by atoms with Crippen molar-refractivity contribution in [3.63, 3.8) is 0 Å². The van der Waals surface area contributed by atoms with E-state index in [1.54, 1.807) is 0 Å². The average molecular weight is 215 g/mol. The number of rotatable bonds is 3. The highest BCUT2D eigenvalue weighted by atomic mass is 35.5. The molecule has 0 amide bonds. The molecule has 5 heteroatoms.